The van der Waals surface area contributed by atoms with Gasteiger partial charge in [-0.25, -0.2) is 28.1 Å². The zero-order chi connectivity index (χ0) is 23.5. The number of rotatable bonds is 5. The van der Waals surface area contributed by atoms with Crippen molar-refractivity contribution in [3.8, 4) is 5.82 Å². The summed E-state index contributed by atoms with van der Waals surface area (Å²) in [5.74, 6) is 1.25. The van der Waals surface area contributed by atoms with Crippen LogP contribution in [0.25, 0.3) is 5.82 Å². The number of morpholine rings is 1. The molecule has 0 atom stereocenters. The molecule has 5 rings (SSSR count). The Morgan fingerprint density at radius 3 is 2.26 bits per heavy atom. The predicted octanol–water partition coefficient (Wildman–Crippen LogP) is 0.0406. The van der Waals surface area contributed by atoms with Crippen LogP contribution in [0.15, 0.2) is 54.2 Å². The molecular formula is C21H24N8O4S. The highest BCUT2D eigenvalue weighted by Crippen LogP contribution is 2.20. The Bertz CT molecular complexity index is 1240. The van der Waals surface area contributed by atoms with E-state index in [-0.39, 0.29) is 10.8 Å². The Morgan fingerprint density at radius 2 is 1.59 bits per heavy atom. The minimum atomic E-state index is -3.59. The minimum Gasteiger partial charge on any atom is -0.379 e. The number of hydrogen-bond acceptors (Lipinski definition) is 9. The van der Waals surface area contributed by atoms with Crippen LogP contribution in [-0.4, -0.2) is 101 Å². The van der Waals surface area contributed by atoms with Gasteiger partial charge in [-0.05, 0) is 24.3 Å². The minimum absolute atomic E-state index is 0.124. The molecule has 0 saturated carbocycles. The summed E-state index contributed by atoms with van der Waals surface area (Å²) >= 11 is 0. The number of ether oxygens (including phenoxy) is 1. The van der Waals surface area contributed by atoms with Crippen molar-refractivity contribution in [2.45, 2.75) is 4.90 Å². The molecule has 2 aliphatic heterocycles. The van der Waals surface area contributed by atoms with Crippen LogP contribution < -0.4 is 4.90 Å². The van der Waals surface area contributed by atoms with E-state index >= 15 is 0 Å². The van der Waals surface area contributed by atoms with Crippen molar-refractivity contribution in [2.75, 3.05) is 57.4 Å². The average Bonchev–Trinajstić information content (AvgIpc) is 3.44. The number of carbonyl (C=O) groups is 1. The van der Waals surface area contributed by atoms with Crippen molar-refractivity contribution in [1.29, 1.82) is 0 Å². The lowest BCUT2D eigenvalue weighted by molar-refractivity contribution is 0.0730. The fourth-order valence-electron chi connectivity index (χ4n) is 3.99. The van der Waals surface area contributed by atoms with Crippen LogP contribution in [0.3, 0.4) is 0 Å². The monoisotopic (exact) mass is 484 g/mol. The van der Waals surface area contributed by atoms with Crippen LogP contribution in [0, 0.1) is 0 Å². The van der Waals surface area contributed by atoms with Crippen LogP contribution >= 0.6 is 0 Å². The molecule has 0 radical (unpaired) electrons. The number of sulfonamides is 1. The molecular weight excluding hydrogens is 460 g/mol. The fourth-order valence-corrected chi connectivity index (χ4v) is 5.40. The molecule has 2 aromatic heterocycles. The number of hydrogen-bond donors (Lipinski definition) is 0. The van der Waals surface area contributed by atoms with Crippen LogP contribution in [0.2, 0.25) is 0 Å². The van der Waals surface area contributed by atoms with E-state index in [0.717, 1.165) is 5.82 Å². The van der Waals surface area contributed by atoms with Crippen LogP contribution in [0.1, 0.15) is 10.4 Å². The molecule has 2 aliphatic rings. The largest absolute Gasteiger partial charge is 0.379 e. The molecule has 0 spiro atoms. The first-order valence-electron chi connectivity index (χ1n) is 10.9. The first-order chi connectivity index (χ1) is 16.5. The first-order valence-corrected chi connectivity index (χ1v) is 12.4. The van der Waals surface area contributed by atoms with Crippen LogP contribution in [-0.2, 0) is 14.8 Å². The summed E-state index contributed by atoms with van der Waals surface area (Å²) in [6.45, 7) is 3.72. The molecule has 0 N–H and O–H groups in total. The third-order valence-electron chi connectivity index (χ3n) is 5.89. The van der Waals surface area contributed by atoms with E-state index < -0.39 is 10.0 Å². The Labute approximate surface area is 196 Å². The summed E-state index contributed by atoms with van der Waals surface area (Å²) < 4.78 is 33.8. The first kappa shape index (κ1) is 22.4. The molecule has 12 nitrogen and oxygen atoms in total. The van der Waals surface area contributed by atoms with Crippen molar-refractivity contribution in [2.24, 2.45) is 0 Å². The van der Waals surface area contributed by atoms with Gasteiger partial charge in [-0.15, -0.1) is 0 Å². The maximum atomic E-state index is 13.0. The SMILES string of the molecule is O=C(c1ccc(S(=O)(=O)N2CCOCC2)cc1)N1CCN(c2cc(-n3cncn3)ncn2)CC1. The fraction of sp³-hybridized carbons (Fsp3) is 0.381. The second kappa shape index (κ2) is 9.44. The molecule has 0 bridgehead atoms. The summed E-state index contributed by atoms with van der Waals surface area (Å²) in [7, 11) is -3.59. The quantitative estimate of drug-likeness (QED) is 0.493. The lowest BCUT2D eigenvalue weighted by Gasteiger charge is -2.35. The smallest absolute Gasteiger partial charge is 0.253 e. The third kappa shape index (κ3) is 4.49. The van der Waals surface area contributed by atoms with E-state index in [0.29, 0.717) is 63.9 Å². The van der Waals surface area contributed by atoms with E-state index in [1.165, 1.54) is 29.1 Å². The summed E-state index contributed by atoms with van der Waals surface area (Å²) in [5, 5.41) is 4.09. The molecule has 13 heteroatoms. The molecule has 1 amide bonds. The van der Waals surface area contributed by atoms with Crippen molar-refractivity contribution >= 4 is 21.7 Å². The van der Waals surface area contributed by atoms with Crippen molar-refractivity contribution in [3.63, 3.8) is 0 Å². The highest BCUT2D eigenvalue weighted by atomic mass is 32.2. The number of aromatic nitrogens is 5. The molecule has 2 fully saturated rings. The van der Waals surface area contributed by atoms with Crippen molar-refractivity contribution < 1.29 is 17.9 Å². The lowest BCUT2D eigenvalue weighted by Crippen LogP contribution is -2.49. The maximum absolute atomic E-state index is 13.0. The Hall–Kier alpha value is -3.42. The van der Waals surface area contributed by atoms with Gasteiger partial charge in [0.1, 0.15) is 24.8 Å². The van der Waals surface area contributed by atoms with Crippen molar-refractivity contribution in [3.05, 3.63) is 54.9 Å². The second-order valence-electron chi connectivity index (χ2n) is 7.89. The van der Waals surface area contributed by atoms with Gasteiger partial charge >= 0.3 is 0 Å². The van der Waals surface area contributed by atoms with E-state index in [9.17, 15) is 13.2 Å². The lowest BCUT2D eigenvalue weighted by atomic mass is 10.2. The van der Waals surface area contributed by atoms with Gasteiger partial charge in [-0.1, -0.05) is 0 Å². The van der Waals surface area contributed by atoms with Gasteiger partial charge in [0.05, 0.1) is 18.1 Å². The highest BCUT2D eigenvalue weighted by molar-refractivity contribution is 7.89. The number of anilines is 1. The van der Waals surface area contributed by atoms with Gasteiger partial charge in [0.15, 0.2) is 5.82 Å². The number of benzene rings is 1. The van der Waals surface area contributed by atoms with Gasteiger partial charge in [0, 0.05) is 50.9 Å². The summed E-state index contributed by atoms with van der Waals surface area (Å²) in [5.41, 5.74) is 0.463. The topological polar surface area (TPSA) is 127 Å². The summed E-state index contributed by atoms with van der Waals surface area (Å²) in [6.07, 6.45) is 4.49. The van der Waals surface area contributed by atoms with E-state index in [1.807, 2.05) is 6.07 Å². The summed E-state index contributed by atoms with van der Waals surface area (Å²) in [4.78, 5) is 29.5. The Balaban J connectivity index is 1.22. The average molecular weight is 485 g/mol. The van der Waals surface area contributed by atoms with Gasteiger partial charge in [0.2, 0.25) is 10.0 Å². The zero-order valence-corrected chi connectivity index (χ0v) is 19.2. The molecule has 0 unspecified atom stereocenters. The molecule has 34 heavy (non-hydrogen) atoms. The molecule has 4 heterocycles. The predicted molar refractivity (Wildman–Crippen MR) is 121 cm³/mol. The number of carbonyl (C=O) groups excluding carboxylic acids is 1. The van der Waals surface area contributed by atoms with Crippen LogP contribution in [0.4, 0.5) is 5.82 Å². The highest BCUT2D eigenvalue weighted by Gasteiger charge is 2.27. The van der Waals surface area contributed by atoms with Gasteiger partial charge in [-0.3, -0.25) is 4.79 Å². The normalized spacial score (nSPS) is 17.6. The van der Waals surface area contributed by atoms with Crippen molar-refractivity contribution in [1.82, 2.24) is 33.9 Å². The molecule has 3 aromatic rings. The zero-order valence-electron chi connectivity index (χ0n) is 18.4. The number of piperazine rings is 1. The van der Waals surface area contributed by atoms with Gasteiger partial charge in [0.25, 0.3) is 5.91 Å². The standard InChI is InChI=1S/C21H24N8O4S/c30-21(17-1-3-18(4-2-17)34(31,32)28-9-11-33-12-10-28)27-7-5-26(6-8-27)19-13-20(24-15-23-19)29-16-22-14-25-29/h1-4,13-16H,5-12H2. The Morgan fingerprint density at radius 1 is 0.882 bits per heavy atom. The van der Waals surface area contributed by atoms with Crippen LogP contribution in [0.5, 0.6) is 0 Å². The van der Waals surface area contributed by atoms with E-state index in [1.54, 1.807) is 28.0 Å². The van der Waals surface area contributed by atoms with E-state index in [2.05, 4.69) is 25.0 Å². The number of amides is 1. The third-order valence-corrected chi connectivity index (χ3v) is 7.80. The maximum Gasteiger partial charge on any atom is 0.253 e. The number of nitrogens with zero attached hydrogens (tertiary/aromatic N) is 8. The Kier molecular flexibility index (Phi) is 6.22. The molecule has 178 valence electrons. The molecule has 1 aromatic carbocycles. The van der Waals surface area contributed by atoms with Gasteiger partial charge in [-0.2, -0.15) is 9.40 Å². The second-order valence-corrected chi connectivity index (χ2v) is 9.83. The molecule has 2 saturated heterocycles. The van der Waals surface area contributed by atoms with E-state index in [4.69, 9.17) is 4.74 Å². The van der Waals surface area contributed by atoms with Gasteiger partial charge < -0.3 is 14.5 Å². The molecule has 0 aliphatic carbocycles. The summed E-state index contributed by atoms with van der Waals surface area (Å²) in [6, 6.07) is 8.00.